The van der Waals surface area contributed by atoms with Gasteiger partial charge in [0.25, 0.3) is 5.91 Å². The number of carbonyl (C=O) groups excluding carboxylic acids is 1. The molecule has 0 unspecified atom stereocenters. The molecule has 0 saturated heterocycles. The normalized spacial score (nSPS) is 11.0. The quantitative estimate of drug-likeness (QED) is 0.517. The largest absolute Gasteiger partial charge is 0.484 e. The molecule has 2 aromatic carbocycles. The van der Waals surface area contributed by atoms with Gasteiger partial charge in [0.1, 0.15) is 5.75 Å². The number of hydrogen-bond acceptors (Lipinski definition) is 3. The van der Waals surface area contributed by atoms with Gasteiger partial charge in [-0.25, -0.2) is 5.43 Å². The van der Waals surface area contributed by atoms with E-state index >= 15 is 0 Å². The average molecular weight is 375 g/mol. The van der Waals surface area contributed by atoms with E-state index < -0.39 is 0 Å². The van der Waals surface area contributed by atoms with E-state index in [2.05, 4.69) is 60.1 Å². The van der Waals surface area contributed by atoms with Crippen molar-refractivity contribution in [3.05, 3.63) is 82.7 Å². The molecule has 0 bridgehead atoms. The smallest absolute Gasteiger partial charge is 0.277 e. The molecule has 1 aromatic heterocycles. The lowest BCUT2D eigenvalue weighted by molar-refractivity contribution is -0.123. The SMILES string of the molecule is Cc1ccc(-n2c(C)cc(/C=N\NC(=O)COc3ccccc3)c2C)c(C)c1. The van der Waals surface area contributed by atoms with E-state index in [0.29, 0.717) is 5.75 Å². The van der Waals surface area contributed by atoms with Gasteiger partial charge in [0.2, 0.25) is 0 Å². The van der Waals surface area contributed by atoms with Gasteiger partial charge < -0.3 is 9.30 Å². The summed E-state index contributed by atoms with van der Waals surface area (Å²) in [5.74, 6) is 0.349. The Balaban J connectivity index is 1.67. The highest BCUT2D eigenvalue weighted by Crippen LogP contribution is 2.23. The Morgan fingerprint density at radius 1 is 1.07 bits per heavy atom. The minimum Gasteiger partial charge on any atom is -0.484 e. The van der Waals surface area contributed by atoms with Gasteiger partial charge in [0.05, 0.1) is 6.21 Å². The number of hydrogen-bond donors (Lipinski definition) is 1. The number of para-hydroxylation sites is 1. The third kappa shape index (κ3) is 4.49. The molecule has 0 fully saturated rings. The highest BCUT2D eigenvalue weighted by molar-refractivity contribution is 5.84. The second kappa shape index (κ2) is 8.57. The van der Waals surface area contributed by atoms with Crippen molar-refractivity contribution in [3.8, 4) is 11.4 Å². The van der Waals surface area contributed by atoms with Crippen LogP contribution in [0.5, 0.6) is 5.75 Å². The van der Waals surface area contributed by atoms with Gasteiger partial charge in [-0.15, -0.1) is 0 Å². The van der Waals surface area contributed by atoms with Gasteiger partial charge in [0, 0.05) is 22.6 Å². The summed E-state index contributed by atoms with van der Waals surface area (Å²) in [4.78, 5) is 11.9. The van der Waals surface area contributed by atoms with Crippen LogP contribution < -0.4 is 10.2 Å². The maximum absolute atomic E-state index is 11.9. The van der Waals surface area contributed by atoms with Crippen LogP contribution in [0.15, 0.2) is 59.7 Å². The summed E-state index contributed by atoms with van der Waals surface area (Å²) in [6.07, 6.45) is 1.67. The molecular weight excluding hydrogens is 350 g/mol. The fraction of sp³-hybridized carbons (Fsp3) is 0.217. The first-order valence-corrected chi connectivity index (χ1v) is 9.22. The molecular formula is C23H25N3O2. The maximum Gasteiger partial charge on any atom is 0.277 e. The molecule has 1 heterocycles. The molecule has 0 atom stereocenters. The van der Waals surface area contributed by atoms with Crippen LogP contribution in [0.25, 0.3) is 5.69 Å². The number of ether oxygens (including phenoxy) is 1. The number of amides is 1. The zero-order valence-electron chi connectivity index (χ0n) is 16.7. The zero-order valence-corrected chi connectivity index (χ0v) is 16.7. The number of benzene rings is 2. The third-order valence-corrected chi connectivity index (χ3v) is 4.57. The minimum absolute atomic E-state index is 0.0804. The first-order chi connectivity index (χ1) is 13.5. The first kappa shape index (κ1) is 19.4. The minimum atomic E-state index is -0.303. The van der Waals surface area contributed by atoms with Crippen molar-refractivity contribution in [3.63, 3.8) is 0 Å². The molecule has 3 aromatic rings. The number of hydrazone groups is 1. The van der Waals surface area contributed by atoms with Gasteiger partial charge in [-0.2, -0.15) is 5.10 Å². The fourth-order valence-corrected chi connectivity index (χ4v) is 3.22. The van der Waals surface area contributed by atoms with Gasteiger partial charge in [0.15, 0.2) is 6.61 Å². The van der Waals surface area contributed by atoms with Crippen LogP contribution in [-0.4, -0.2) is 23.3 Å². The molecule has 28 heavy (non-hydrogen) atoms. The Bertz CT molecular complexity index is 1000. The van der Waals surface area contributed by atoms with E-state index in [1.54, 1.807) is 18.3 Å². The van der Waals surface area contributed by atoms with E-state index in [9.17, 15) is 4.79 Å². The molecule has 0 aliphatic rings. The van der Waals surface area contributed by atoms with Gasteiger partial charge in [-0.1, -0.05) is 35.9 Å². The summed E-state index contributed by atoms with van der Waals surface area (Å²) in [5.41, 5.74) is 9.27. The van der Waals surface area contributed by atoms with Gasteiger partial charge >= 0.3 is 0 Å². The van der Waals surface area contributed by atoms with E-state index in [4.69, 9.17) is 4.74 Å². The molecule has 1 N–H and O–H groups in total. The second-order valence-electron chi connectivity index (χ2n) is 6.85. The molecule has 3 rings (SSSR count). The molecule has 5 nitrogen and oxygen atoms in total. The lowest BCUT2D eigenvalue weighted by Gasteiger charge is -2.13. The Morgan fingerprint density at radius 2 is 1.82 bits per heavy atom. The van der Waals surface area contributed by atoms with Crippen LogP contribution in [-0.2, 0) is 4.79 Å². The first-order valence-electron chi connectivity index (χ1n) is 9.22. The number of aromatic nitrogens is 1. The number of carbonyl (C=O) groups is 1. The lowest BCUT2D eigenvalue weighted by atomic mass is 10.1. The van der Waals surface area contributed by atoms with Crippen LogP contribution in [0, 0.1) is 27.7 Å². The van der Waals surface area contributed by atoms with E-state index in [-0.39, 0.29) is 12.5 Å². The highest BCUT2D eigenvalue weighted by atomic mass is 16.5. The van der Waals surface area contributed by atoms with Crippen molar-refractivity contribution < 1.29 is 9.53 Å². The molecule has 0 radical (unpaired) electrons. The molecule has 144 valence electrons. The Morgan fingerprint density at radius 3 is 2.54 bits per heavy atom. The lowest BCUT2D eigenvalue weighted by Crippen LogP contribution is -2.24. The van der Waals surface area contributed by atoms with Crippen LogP contribution in [0.1, 0.15) is 28.1 Å². The summed E-state index contributed by atoms with van der Waals surface area (Å²) < 4.78 is 7.61. The molecule has 5 heteroatoms. The summed E-state index contributed by atoms with van der Waals surface area (Å²) in [6, 6.07) is 17.7. The summed E-state index contributed by atoms with van der Waals surface area (Å²) in [7, 11) is 0. The van der Waals surface area contributed by atoms with Crippen LogP contribution >= 0.6 is 0 Å². The molecule has 1 amide bonds. The molecule has 0 aliphatic carbocycles. The van der Waals surface area contributed by atoms with Crippen LogP contribution in [0.3, 0.4) is 0 Å². The third-order valence-electron chi connectivity index (χ3n) is 4.57. The number of nitrogens with zero attached hydrogens (tertiary/aromatic N) is 2. The fourth-order valence-electron chi connectivity index (χ4n) is 3.22. The van der Waals surface area contributed by atoms with Gasteiger partial charge in [-0.3, -0.25) is 4.79 Å². The monoisotopic (exact) mass is 375 g/mol. The maximum atomic E-state index is 11.9. The van der Waals surface area contributed by atoms with E-state index in [1.165, 1.54) is 11.1 Å². The second-order valence-corrected chi connectivity index (χ2v) is 6.85. The Labute approximate surface area is 165 Å². The van der Waals surface area contributed by atoms with Crippen molar-refractivity contribution >= 4 is 12.1 Å². The number of rotatable bonds is 6. The number of aryl methyl sites for hydroxylation is 3. The van der Waals surface area contributed by atoms with Crippen molar-refractivity contribution in [1.82, 2.24) is 9.99 Å². The molecule has 0 spiro atoms. The molecule has 0 aliphatic heterocycles. The topological polar surface area (TPSA) is 55.6 Å². The Hall–Kier alpha value is -3.34. The van der Waals surface area contributed by atoms with Crippen molar-refractivity contribution in [2.45, 2.75) is 27.7 Å². The summed E-state index contributed by atoms with van der Waals surface area (Å²) >= 11 is 0. The number of nitrogens with one attached hydrogen (secondary N) is 1. The molecule has 0 saturated carbocycles. The van der Waals surface area contributed by atoms with Crippen LogP contribution in [0.4, 0.5) is 0 Å². The average Bonchev–Trinajstić information content (AvgIpc) is 2.95. The van der Waals surface area contributed by atoms with Crippen molar-refractivity contribution in [1.29, 1.82) is 0 Å². The summed E-state index contributed by atoms with van der Waals surface area (Å²) in [6.45, 7) is 8.24. The predicted molar refractivity (Wildman–Crippen MR) is 112 cm³/mol. The van der Waals surface area contributed by atoms with Crippen LogP contribution in [0.2, 0.25) is 0 Å². The van der Waals surface area contributed by atoms with Gasteiger partial charge in [-0.05, 0) is 57.5 Å². The zero-order chi connectivity index (χ0) is 20.1. The van der Waals surface area contributed by atoms with E-state index in [1.807, 2.05) is 25.1 Å². The highest BCUT2D eigenvalue weighted by Gasteiger charge is 2.11. The van der Waals surface area contributed by atoms with E-state index in [0.717, 1.165) is 22.6 Å². The standard InChI is InChI=1S/C23H25N3O2/c1-16-10-11-22(17(2)12-16)26-18(3)13-20(19(26)4)14-24-25-23(27)15-28-21-8-6-5-7-9-21/h5-14H,15H2,1-4H3,(H,25,27)/b24-14-. The van der Waals surface area contributed by atoms with Crippen molar-refractivity contribution in [2.24, 2.45) is 5.10 Å². The summed E-state index contributed by atoms with van der Waals surface area (Å²) in [5, 5.41) is 4.08. The van der Waals surface area contributed by atoms with Crippen molar-refractivity contribution in [2.75, 3.05) is 6.61 Å². The Kier molecular flexibility index (Phi) is 5.94. The predicted octanol–water partition coefficient (Wildman–Crippen LogP) is 4.24.